The van der Waals surface area contributed by atoms with E-state index in [1.165, 1.54) is 37.1 Å². The second-order valence-corrected chi connectivity index (χ2v) is 7.47. The summed E-state index contributed by atoms with van der Waals surface area (Å²) in [5, 5.41) is 6.71. The minimum atomic E-state index is 0. The molecule has 1 saturated heterocycles. The van der Waals surface area contributed by atoms with Gasteiger partial charge >= 0.3 is 0 Å². The van der Waals surface area contributed by atoms with Gasteiger partial charge in [-0.3, -0.25) is 9.89 Å². The van der Waals surface area contributed by atoms with Crippen molar-refractivity contribution in [3.63, 3.8) is 0 Å². The summed E-state index contributed by atoms with van der Waals surface area (Å²) in [7, 11) is 1.81. The monoisotopic (exact) mass is 488 g/mol. The summed E-state index contributed by atoms with van der Waals surface area (Å²) in [5.74, 6) is 1.44. The van der Waals surface area contributed by atoms with E-state index < -0.39 is 0 Å². The van der Waals surface area contributed by atoms with E-state index in [1.807, 2.05) is 7.05 Å². The Morgan fingerprint density at radius 3 is 2.41 bits per heavy atom. The van der Waals surface area contributed by atoms with Gasteiger partial charge in [-0.1, -0.05) is 38.1 Å². The Balaban J connectivity index is 0.00000364. The van der Waals surface area contributed by atoms with E-state index in [4.69, 9.17) is 4.74 Å². The minimum Gasteiger partial charge on any atom is -0.381 e. The molecule has 154 valence electrons. The van der Waals surface area contributed by atoms with Gasteiger partial charge in [-0.15, -0.1) is 24.0 Å². The molecule has 0 bridgehead atoms. The Morgan fingerprint density at radius 1 is 1.11 bits per heavy atom. The lowest BCUT2D eigenvalue weighted by Crippen LogP contribution is -2.37. The topological polar surface area (TPSA) is 48.9 Å². The smallest absolute Gasteiger partial charge is 0.191 e. The van der Waals surface area contributed by atoms with Crippen molar-refractivity contribution in [2.24, 2.45) is 10.9 Å². The summed E-state index contributed by atoms with van der Waals surface area (Å²) in [6.45, 7) is 11.2. The molecule has 0 atom stereocenters. The molecule has 2 N–H and O–H groups in total. The average Bonchev–Trinajstić information content (AvgIpc) is 3.14. The lowest BCUT2D eigenvalue weighted by molar-refractivity contribution is 0.108. The molecule has 0 aromatic heterocycles. The normalized spacial score (nSPS) is 15.0. The van der Waals surface area contributed by atoms with Crippen LogP contribution in [0.5, 0.6) is 0 Å². The van der Waals surface area contributed by atoms with Crippen LogP contribution in [0.4, 0.5) is 0 Å². The van der Waals surface area contributed by atoms with Gasteiger partial charge in [0.05, 0.1) is 0 Å². The minimum absolute atomic E-state index is 0. The number of nitrogens with one attached hydrogen (secondary N) is 2. The van der Waals surface area contributed by atoms with Gasteiger partial charge < -0.3 is 15.4 Å². The van der Waals surface area contributed by atoms with Crippen molar-refractivity contribution in [3.05, 3.63) is 35.4 Å². The van der Waals surface area contributed by atoms with E-state index >= 15 is 0 Å². The Bertz CT molecular complexity index is 527. The number of nitrogens with zero attached hydrogens (tertiary/aromatic N) is 2. The number of aliphatic imine (C=N–C) groups is 1. The van der Waals surface area contributed by atoms with Gasteiger partial charge in [-0.2, -0.15) is 0 Å². The zero-order valence-corrected chi connectivity index (χ0v) is 19.5. The summed E-state index contributed by atoms with van der Waals surface area (Å²) in [6.07, 6.45) is 3.68. The van der Waals surface area contributed by atoms with Crippen molar-refractivity contribution >= 4 is 29.9 Å². The second-order valence-electron chi connectivity index (χ2n) is 7.47. The number of hydrogen-bond donors (Lipinski definition) is 2. The molecule has 1 aliphatic rings. The van der Waals surface area contributed by atoms with Crippen molar-refractivity contribution in [1.29, 1.82) is 0 Å². The van der Waals surface area contributed by atoms with Crippen molar-refractivity contribution in [2.45, 2.75) is 46.2 Å². The molecule has 1 aromatic carbocycles. The SMILES string of the molecule is CN=C(NCCCOCC(C)C)NCc1ccc(CN2CCCC2)cc1.I. The molecule has 0 saturated carbocycles. The van der Waals surface area contributed by atoms with Crippen LogP contribution in [0.2, 0.25) is 0 Å². The van der Waals surface area contributed by atoms with Crippen molar-refractivity contribution in [1.82, 2.24) is 15.5 Å². The van der Waals surface area contributed by atoms with Crippen LogP contribution in [0.25, 0.3) is 0 Å². The molecule has 1 aliphatic heterocycles. The van der Waals surface area contributed by atoms with Gasteiger partial charge in [0, 0.05) is 39.9 Å². The first-order chi connectivity index (χ1) is 12.7. The van der Waals surface area contributed by atoms with E-state index in [9.17, 15) is 0 Å². The number of rotatable bonds is 10. The zero-order valence-electron chi connectivity index (χ0n) is 17.2. The average molecular weight is 488 g/mol. The molecule has 1 fully saturated rings. The summed E-state index contributed by atoms with van der Waals surface area (Å²) in [4.78, 5) is 6.81. The summed E-state index contributed by atoms with van der Waals surface area (Å²) in [5.41, 5.74) is 2.68. The molecule has 0 unspecified atom stereocenters. The molecule has 0 radical (unpaired) electrons. The number of benzene rings is 1. The molecule has 5 nitrogen and oxygen atoms in total. The molecule has 0 spiro atoms. The standard InChI is InChI=1S/C21H36N4O.HI/c1-18(2)17-26-14-6-11-23-21(22-3)24-15-19-7-9-20(10-8-19)16-25-12-4-5-13-25;/h7-10,18H,4-6,11-17H2,1-3H3,(H2,22,23,24);1H. The zero-order chi connectivity index (χ0) is 18.6. The van der Waals surface area contributed by atoms with Crippen LogP contribution in [0.15, 0.2) is 29.3 Å². The highest BCUT2D eigenvalue weighted by Gasteiger charge is 2.11. The van der Waals surface area contributed by atoms with E-state index in [1.54, 1.807) is 0 Å². The maximum atomic E-state index is 5.59. The molecule has 27 heavy (non-hydrogen) atoms. The second kappa shape index (κ2) is 14.2. The predicted molar refractivity (Wildman–Crippen MR) is 125 cm³/mol. The van der Waals surface area contributed by atoms with E-state index in [0.717, 1.165) is 45.2 Å². The number of ether oxygens (including phenoxy) is 1. The van der Waals surface area contributed by atoms with Crippen LogP contribution in [-0.2, 0) is 17.8 Å². The third-order valence-electron chi connectivity index (χ3n) is 4.52. The van der Waals surface area contributed by atoms with E-state index in [0.29, 0.717) is 5.92 Å². The molecule has 1 heterocycles. The van der Waals surface area contributed by atoms with Crippen molar-refractivity contribution in [2.75, 3.05) is 39.9 Å². The van der Waals surface area contributed by atoms with Gasteiger partial charge in [-0.25, -0.2) is 0 Å². The Labute approximate surface area is 182 Å². The van der Waals surface area contributed by atoms with Gasteiger partial charge in [0.1, 0.15) is 0 Å². The number of hydrogen-bond acceptors (Lipinski definition) is 3. The lowest BCUT2D eigenvalue weighted by Gasteiger charge is -2.15. The molecule has 6 heteroatoms. The van der Waals surface area contributed by atoms with Crippen LogP contribution in [0.3, 0.4) is 0 Å². The van der Waals surface area contributed by atoms with E-state index in [2.05, 4.69) is 58.6 Å². The Hall–Kier alpha value is -0.860. The maximum absolute atomic E-state index is 5.59. The highest BCUT2D eigenvalue weighted by Crippen LogP contribution is 2.13. The van der Waals surface area contributed by atoms with Gasteiger partial charge in [0.2, 0.25) is 0 Å². The predicted octanol–water partition coefficient (Wildman–Crippen LogP) is 3.63. The summed E-state index contributed by atoms with van der Waals surface area (Å²) < 4.78 is 5.59. The van der Waals surface area contributed by atoms with Gasteiger partial charge in [-0.05, 0) is 49.4 Å². The fraction of sp³-hybridized carbons (Fsp3) is 0.667. The summed E-state index contributed by atoms with van der Waals surface area (Å²) >= 11 is 0. The van der Waals surface area contributed by atoms with Crippen LogP contribution in [-0.4, -0.2) is 50.8 Å². The number of halogens is 1. The number of guanidine groups is 1. The van der Waals surface area contributed by atoms with Crippen molar-refractivity contribution < 1.29 is 4.74 Å². The first-order valence-corrected chi connectivity index (χ1v) is 10.00. The molecule has 0 aliphatic carbocycles. The van der Waals surface area contributed by atoms with Crippen LogP contribution < -0.4 is 10.6 Å². The third-order valence-corrected chi connectivity index (χ3v) is 4.52. The highest BCUT2D eigenvalue weighted by atomic mass is 127. The van der Waals surface area contributed by atoms with Crippen LogP contribution in [0, 0.1) is 5.92 Å². The van der Waals surface area contributed by atoms with Gasteiger partial charge in [0.25, 0.3) is 0 Å². The van der Waals surface area contributed by atoms with Crippen molar-refractivity contribution in [3.8, 4) is 0 Å². The molecule has 1 aromatic rings. The molecular formula is C21H37IN4O. The first kappa shape index (κ1) is 24.2. The molecular weight excluding hydrogens is 451 g/mol. The fourth-order valence-electron chi connectivity index (χ4n) is 3.07. The number of likely N-dealkylation sites (tertiary alicyclic amines) is 1. The Kier molecular flexibility index (Phi) is 12.7. The molecule has 0 amide bonds. The lowest BCUT2D eigenvalue weighted by atomic mass is 10.1. The maximum Gasteiger partial charge on any atom is 0.191 e. The molecule has 2 rings (SSSR count). The fourth-order valence-corrected chi connectivity index (χ4v) is 3.07. The highest BCUT2D eigenvalue weighted by molar-refractivity contribution is 14.0. The van der Waals surface area contributed by atoms with Crippen LogP contribution in [0.1, 0.15) is 44.2 Å². The Morgan fingerprint density at radius 2 is 1.78 bits per heavy atom. The first-order valence-electron chi connectivity index (χ1n) is 10.00. The quantitative estimate of drug-likeness (QED) is 0.229. The van der Waals surface area contributed by atoms with E-state index in [-0.39, 0.29) is 24.0 Å². The summed E-state index contributed by atoms with van der Waals surface area (Å²) in [6, 6.07) is 8.92. The van der Waals surface area contributed by atoms with Gasteiger partial charge in [0.15, 0.2) is 5.96 Å². The van der Waals surface area contributed by atoms with Crippen LogP contribution >= 0.6 is 24.0 Å². The largest absolute Gasteiger partial charge is 0.381 e. The third kappa shape index (κ3) is 10.3.